The molecule has 124 valence electrons. The minimum Gasteiger partial charge on any atom is -0.855 e. The zero-order valence-electron chi connectivity index (χ0n) is 11.4. The second kappa shape index (κ2) is 16.9. The second-order valence-corrected chi connectivity index (χ2v) is 1.94. The zero-order chi connectivity index (χ0) is 14.0. The number of aliphatic carboxylic acids is 1. The SMILES string of the molecule is CC[O-].CC[O-].O=C([O-])C(F)(F)C(F)(F)F.[NH4+].[NH4+].[NH4+]. The van der Waals surface area contributed by atoms with Crippen molar-refractivity contribution in [3.05, 3.63) is 0 Å². The predicted octanol–water partition coefficient (Wildman–Crippen LogP) is -0.204. The Morgan fingerprint density at radius 1 is 0.895 bits per heavy atom. The number of rotatable bonds is 1. The third-order valence-corrected chi connectivity index (χ3v) is 0.612. The van der Waals surface area contributed by atoms with Gasteiger partial charge in [-0.25, -0.2) is 0 Å². The smallest absolute Gasteiger partial charge is 0.459 e. The van der Waals surface area contributed by atoms with Gasteiger partial charge in [0, 0.05) is 0 Å². The highest BCUT2D eigenvalue weighted by Gasteiger charge is 2.58. The van der Waals surface area contributed by atoms with Crippen LogP contribution < -0.4 is 33.8 Å². The van der Waals surface area contributed by atoms with Crippen molar-refractivity contribution in [1.29, 1.82) is 0 Å². The van der Waals surface area contributed by atoms with Crippen LogP contribution in [-0.4, -0.2) is 31.3 Å². The van der Waals surface area contributed by atoms with Crippen LogP contribution in [-0.2, 0) is 4.79 Å². The molecule has 0 fully saturated rings. The van der Waals surface area contributed by atoms with Crippen molar-refractivity contribution in [2.24, 2.45) is 0 Å². The molecule has 0 radical (unpaired) electrons. The van der Waals surface area contributed by atoms with Crippen molar-refractivity contribution in [3.63, 3.8) is 0 Å². The summed E-state index contributed by atoms with van der Waals surface area (Å²) in [6.45, 7) is 3.14. The van der Waals surface area contributed by atoms with Gasteiger partial charge in [-0.15, -0.1) is 13.2 Å². The molecule has 0 aromatic rings. The van der Waals surface area contributed by atoms with Crippen LogP contribution in [0, 0.1) is 0 Å². The van der Waals surface area contributed by atoms with Crippen molar-refractivity contribution in [2.45, 2.75) is 25.9 Å². The van der Waals surface area contributed by atoms with E-state index in [1.54, 1.807) is 13.8 Å². The lowest BCUT2D eigenvalue weighted by Gasteiger charge is -2.19. The van der Waals surface area contributed by atoms with Gasteiger partial charge in [0.05, 0.1) is 0 Å². The Morgan fingerprint density at radius 3 is 1.05 bits per heavy atom. The zero-order valence-corrected chi connectivity index (χ0v) is 11.4. The minimum atomic E-state index is -6.08. The number of quaternary nitrogens is 3. The molecule has 0 unspecified atom stereocenters. The fourth-order valence-electron chi connectivity index (χ4n) is 0.116. The molecule has 19 heavy (non-hydrogen) atoms. The highest BCUT2D eigenvalue weighted by Crippen LogP contribution is 2.34. The van der Waals surface area contributed by atoms with Crippen LogP contribution in [0.25, 0.3) is 0 Å². The highest BCUT2D eigenvalue weighted by molar-refractivity contribution is 5.74. The van der Waals surface area contributed by atoms with Crippen LogP contribution >= 0.6 is 0 Å². The Hall–Kier alpha value is -1.08. The number of carboxylic acids is 1. The standard InChI is InChI=1S/C3HF5O2.2C2H5O.3H3N/c4-2(5,1(9)10)3(6,7)8;2*1-2-3;;;/h(H,9,10);2*2H2,1H3;3*1H3/q;2*-1;;;/p+2. The van der Waals surface area contributed by atoms with Crippen molar-refractivity contribution in [3.8, 4) is 0 Å². The number of alkyl halides is 5. The fraction of sp³-hybridized carbons (Fsp3) is 0.857. The topological polar surface area (TPSA) is 196 Å². The van der Waals surface area contributed by atoms with Gasteiger partial charge < -0.3 is 38.6 Å². The van der Waals surface area contributed by atoms with E-state index in [1.165, 1.54) is 0 Å². The lowest BCUT2D eigenvalue weighted by atomic mass is 10.3. The van der Waals surface area contributed by atoms with Crippen LogP contribution in [0.4, 0.5) is 22.0 Å². The number of hydrogen-bond donors (Lipinski definition) is 3. The Morgan fingerprint density at radius 2 is 1.05 bits per heavy atom. The first kappa shape index (κ1) is 36.1. The third-order valence-electron chi connectivity index (χ3n) is 0.612. The van der Waals surface area contributed by atoms with E-state index in [4.69, 9.17) is 20.1 Å². The lowest BCUT2D eigenvalue weighted by molar-refractivity contribution is -0.364. The molecule has 0 aliphatic heterocycles. The molecule has 7 nitrogen and oxygen atoms in total. The van der Waals surface area contributed by atoms with Gasteiger partial charge in [0.1, 0.15) is 5.97 Å². The molecule has 12 heteroatoms. The summed E-state index contributed by atoms with van der Waals surface area (Å²) in [5.41, 5.74) is 0. The number of carbonyl (C=O) groups is 1. The van der Waals surface area contributed by atoms with Crippen molar-refractivity contribution in [1.82, 2.24) is 18.5 Å². The van der Waals surface area contributed by atoms with Crippen LogP contribution in [0.3, 0.4) is 0 Å². The maximum atomic E-state index is 11.3. The van der Waals surface area contributed by atoms with Crippen molar-refractivity contribution < 1.29 is 42.1 Å². The first-order valence-corrected chi connectivity index (χ1v) is 3.84. The van der Waals surface area contributed by atoms with E-state index in [-0.39, 0.29) is 31.7 Å². The fourth-order valence-corrected chi connectivity index (χ4v) is 0.116. The van der Waals surface area contributed by atoms with Gasteiger partial charge in [-0.3, -0.25) is 0 Å². The number of carboxylic acid groups (broad SMARTS) is 1. The van der Waals surface area contributed by atoms with Crippen LogP contribution in [0.15, 0.2) is 0 Å². The van der Waals surface area contributed by atoms with Gasteiger partial charge in [-0.2, -0.15) is 22.0 Å². The number of carbonyl (C=O) groups excluding carboxylic acids is 1. The lowest BCUT2D eigenvalue weighted by Crippen LogP contribution is -2.51. The molecule has 0 aromatic carbocycles. The van der Waals surface area contributed by atoms with E-state index in [9.17, 15) is 22.0 Å². The van der Waals surface area contributed by atoms with Crippen molar-refractivity contribution >= 4 is 5.97 Å². The van der Waals surface area contributed by atoms with Gasteiger partial charge in [0.25, 0.3) is 0 Å². The molecule has 0 saturated heterocycles. The summed E-state index contributed by atoms with van der Waals surface area (Å²) in [5, 5.41) is 26.9. The maximum absolute atomic E-state index is 11.3. The molecule has 0 aliphatic rings. The molecule has 0 saturated carbocycles. The van der Waals surface area contributed by atoms with Gasteiger partial charge in [0.15, 0.2) is 0 Å². The Bertz CT molecular complexity index is 190. The Labute approximate surface area is 107 Å². The first-order chi connectivity index (χ1) is 7.02. The summed E-state index contributed by atoms with van der Waals surface area (Å²) in [6.07, 6.45) is -6.08. The van der Waals surface area contributed by atoms with Gasteiger partial charge in [-0.1, -0.05) is 13.8 Å². The quantitative estimate of drug-likeness (QED) is 0.564. The molecular formula is C7H22F5N3O4. The average molecular weight is 307 g/mol. The molecular weight excluding hydrogens is 285 g/mol. The summed E-state index contributed by atoms with van der Waals surface area (Å²) < 4.78 is 55.3. The van der Waals surface area contributed by atoms with Crippen LogP contribution in [0.1, 0.15) is 13.8 Å². The molecule has 0 aromatic heterocycles. The van der Waals surface area contributed by atoms with Crippen LogP contribution in [0.2, 0.25) is 0 Å². The first-order valence-electron chi connectivity index (χ1n) is 3.84. The molecule has 0 atom stereocenters. The average Bonchev–Trinajstić information content (AvgIpc) is 2.04. The third kappa shape index (κ3) is 19.4. The number of halogens is 5. The molecule has 0 heterocycles. The van der Waals surface area contributed by atoms with Crippen molar-refractivity contribution in [2.75, 3.05) is 13.2 Å². The molecule has 0 aliphatic carbocycles. The van der Waals surface area contributed by atoms with E-state index in [0.29, 0.717) is 0 Å². The van der Waals surface area contributed by atoms with E-state index >= 15 is 0 Å². The molecule has 12 N–H and O–H groups in total. The number of hydrogen-bond acceptors (Lipinski definition) is 4. The molecule has 0 rings (SSSR count). The molecule has 0 bridgehead atoms. The summed E-state index contributed by atoms with van der Waals surface area (Å²) in [4.78, 5) is 9.09. The van der Waals surface area contributed by atoms with E-state index in [1.807, 2.05) is 0 Å². The summed E-state index contributed by atoms with van der Waals surface area (Å²) >= 11 is 0. The predicted molar refractivity (Wildman–Crippen MR) is 55.0 cm³/mol. The summed E-state index contributed by atoms with van der Waals surface area (Å²) in [6, 6.07) is 0. The minimum absolute atomic E-state index is 0. The Balaban J connectivity index is -0.0000000406. The normalized spacial score (nSPS) is 8.89. The van der Waals surface area contributed by atoms with Gasteiger partial charge >= 0.3 is 12.1 Å². The highest BCUT2D eigenvalue weighted by atomic mass is 19.4. The monoisotopic (exact) mass is 307 g/mol. The van der Waals surface area contributed by atoms with E-state index in [2.05, 4.69) is 0 Å². The molecule has 0 spiro atoms. The second-order valence-electron chi connectivity index (χ2n) is 1.94. The summed E-state index contributed by atoms with van der Waals surface area (Å²) in [7, 11) is 0. The summed E-state index contributed by atoms with van der Waals surface area (Å²) in [5.74, 6) is -9.20. The van der Waals surface area contributed by atoms with Gasteiger partial charge in [0.2, 0.25) is 0 Å². The largest absolute Gasteiger partial charge is 0.855 e. The Kier molecular flexibility index (Phi) is 32.2. The maximum Gasteiger partial charge on any atom is 0.459 e. The van der Waals surface area contributed by atoms with Gasteiger partial charge in [-0.05, 0) is 0 Å². The van der Waals surface area contributed by atoms with E-state index in [0.717, 1.165) is 0 Å². The van der Waals surface area contributed by atoms with E-state index < -0.39 is 18.1 Å². The molecule has 0 amide bonds. The van der Waals surface area contributed by atoms with Crippen LogP contribution in [0.5, 0.6) is 0 Å².